The number of thiazole rings is 1. The lowest BCUT2D eigenvalue weighted by molar-refractivity contribution is -0.123. The van der Waals surface area contributed by atoms with Crippen molar-refractivity contribution in [2.75, 3.05) is 6.61 Å². The molecule has 2 aromatic carbocycles. The summed E-state index contributed by atoms with van der Waals surface area (Å²) in [7, 11) is 0. The standard InChI is InChI=1S/C25H25N3O5S/c1-3-20(22(29)26-14(2)23-27-21(13-34-23)24(30)31)28-25(32)33-12-19-17-10-6-4-8-15(17)16-9-5-7-11-18(16)19/h4-11,13-14,19-20H,3,12H2,1-2H3,(H,26,29)(H,28,32)(H,30,31). The van der Waals surface area contributed by atoms with Crippen LogP contribution in [-0.2, 0) is 9.53 Å². The molecular weight excluding hydrogens is 454 g/mol. The van der Waals surface area contributed by atoms with Crippen LogP contribution in [0.1, 0.15) is 58.9 Å². The molecule has 1 aliphatic carbocycles. The second-order valence-corrected chi connectivity index (χ2v) is 8.93. The Kier molecular flexibility index (Phi) is 6.93. The number of hydrogen-bond acceptors (Lipinski definition) is 6. The van der Waals surface area contributed by atoms with Crippen molar-refractivity contribution in [3.8, 4) is 11.1 Å². The number of carboxylic acid groups (broad SMARTS) is 1. The molecule has 34 heavy (non-hydrogen) atoms. The van der Waals surface area contributed by atoms with E-state index in [9.17, 15) is 14.4 Å². The minimum absolute atomic E-state index is 0.0649. The molecule has 0 spiro atoms. The molecule has 1 heterocycles. The van der Waals surface area contributed by atoms with Gasteiger partial charge in [0.2, 0.25) is 5.91 Å². The van der Waals surface area contributed by atoms with Crippen molar-refractivity contribution in [2.24, 2.45) is 0 Å². The number of nitrogens with one attached hydrogen (secondary N) is 2. The van der Waals surface area contributed by atoms with Gasteiger partial charge in [-0.3, -0.25) is 4.79 Å². The van der Waals surface area contributed by atoms with Crippen LogP contribution in [0.4, 0.5) is 4.79 Å². The van der Waals surface area contributed by atoms with Crippen molar-refractivity contribution in [2.45, 2.75) is 38.3 Å². The highest BCUT2D eigenvalue weighted by molar-refractivity contribution is 7.09. The lowest BCUT2D eigenvalue weighted by atomic mass is 9.98. The Labute approximate surface area is 201 Å². The minimum atomic E-state index is -1.12. The molecule has 3 aromatic rings. The predicted octanol–water partition coefficient (Wildman–Crippen LogP) is 4.34. The first kappa shape index (κ1) is 23.4. The summed E-state index contributed by atoms with van der Waals surface area (Å²) in [6.45, 7) is 3.65. The normalized spacial score (nSPS) is 13.9. The molecule has 2 amide bonds. The monoisotopic (exact) mass is 479 g/mol. The molecule has 3 N–H and O–H groups in total. The summed E-state index contributed by atoms with van der Waals surface area (Å²) in [5, 5.41) is 16.3. The number of nitrogens with zero attached hydrogens (tertiary/aromatic N) is 1. The third-order valence-corrected chi connectivity index (χ3v) is 6.86. The van der Waals surface area contributed by atoms with Crippen molar-refractivity contribution in [1.29, 1.82) is 0 Å². The first-order valence-electron chi connectivity index (χ1n) is 11.0. The van der Waals surface area contributed by atoms with Gasteiger partial charge in [0.1, 0.15) is 17.7 Å². The molecule has 176 valence electrons. The van der Waals surface area contributed by atoms with Gasteiger partial charge < -0.3 is 20.5 Å². The third-order valence-electron chi connectivity index (χ3n) is 5.83. The fourth-order valence-corrected chi connectivity index (χ4v) is 4.90. The number of benzene rings is 2. The van der Waals surface area contributed by atoms with Crippen LogP contribution in [0.25, 0.3) is 11.1 Å². The number of carbonyl (C=O) groups excluding carboxylic acids is 2. The molecule has 0 bridgehead atoms. The summed E-state index contributed by atoms with van der Waals surface area (Å²) in [6, 6.07) is 14.8. The van der Waals surface area contributed by atoms with E-state index in [4.69, 9.17) is 9.84 Å². The van der Waals surface area contributed by atoms with Gasteiger partial charge >= 0.3 is 12.1 Å². The van der Waals surface area contributed by atoms with Gasteiger partial charge in [-0.1, -0.05) is 55.5 Å². The zero-order valence-corrected chi connectivity index (χ0v) is 19.6. The summed E-state index contributed by atoms with van der Waals surface area (Å²) in [6.07, 6.45) is -0.306. The van der Waals surface area contributed by atoms with Gasteiger partial charge in [-0.25, -0.2) is 14.6 Å². The zero-order valence-electron chi connectivity index (χ0n) is 18.8. The fourth-order valence-electron chi connectivity index (χ4n) is 4.10. The molecule has 4 rings (SSSR count). The van der Waals surface area contributed by atoms with Gasteiger partial charge in [0, 0.05) is 11.3 Å². The maximum absolute atomic E-state index is 12.7. The third kappa shape index (κ3) is 4.79. The zero-order chi connectivity index (χ0) is 24.2. The van der Waals surface area contributed by atoms with Crippen LogP contribution < -0.4 is 10.6 Å². The molecule has 0 radical (unpaired) electrons. The number of carboxylic acids is 1. The predicted molar refractivity (Wildman–Crippen MR) is 128 cm³/mol. The van der Waals surface area contributed by atoms with Crippen molar-refractivity contribution in [3.05, 3.63) is 75.7 Å². The quantitative estimate of drug-likeness (QED) is 0.443. The number of aromatic nitrogens is 1. The van der Waals surface area contributed by atoms with Crippen LogP contribution in [0.2, 0.25) is 0 Å². The highest BCUT2D eigenvalue weighted by Gasteiger charge is 2.30. The molecule has 0 aliphatic heterocycles. The minimum Gasteiger partial charge on any atom is -0.476 e. The number of aromatic carboxylic acids is 1. The molecule has 9 heteroatoms. The van der Waals surface area contributed by atoms with E-state index in [0.717, 1.165) is 33.6 Å². The van der Waals surface area contributed by atoms with Crippen LogP contribution in [0.15, 0.2) is 53.9 Å². The number of rotatable bonds is 8. The molecule has 2 atom stereocenters. The van der Waals surface area contributed by atoms with E-state index in [1.54, 1.807) is 13.8 Å². The Bertz CT molecular complexity index is 1180. The van der Waals surface area contributed by atoms with Crippen LogP contribution in [0, 0.1) is 0 Å². The van der Waals surface area contributed by atoms with E-state index in [2.05, 4.69) is 27.8 Å². The molecule has 1 aromatic heterocycles. The summed E-state index contributed by atoms with van der Waals surface area (Å²) in [5.74, 6) is -1.58. The van der Waals surface area contributed by atoms with Crippen LogP contribution in [0.5, 0.6) is 0 Å². The lowest BCUT2D eigenvalue weighted by Gasteiger charge is -2.20. The first-order chi connectivity index (χ1) is 16.4. The van der Waals surface area contributed by atoms with Gasteiger partial charge in [0.05, 0.1) is 6.04 Å². The molecule has 1 aliphatic rings. The number of fused-ring (bicyclic) bond motifs is 3. The maximum atomic E-state index is 12.7. The number of alkyl carbamates (subject to hydrolysis) is 1. The van der Waals surface area contributed by atoms with Gasteiger partial charge in [0.25, 0.3) is 0 Å². The van der Waals surface area contributed by atoms with Crippen LogP contribution >= 0.6 is 11.3 Å². The van der Waals surface area contributed by atoms with E-state index in [1.807, 2.05) is 36.4 Å². The van der Waals surface area contributed by atoms with Gasteiger partial charge in [-0.15, -0.1) is 11.3 Å². The maximum Gasteiger partial charge on any atom is 0.407 e. The van der Waals surface area contributed by atoms with Crippen LogP contribution in [0.3, 0.4) is 0 Å². The number of carbonyl (C=O) groups is 3. The molecule has 2 unspecified atom stereocenters. The number of ether oxygens (including phenoxy) is 1. The Hall–Kier alpha value is -3.72. The average molecular weight is 480 g/mol. The number of amides is 2. The molecular formula is C25H25N3O5S. The van der Waals surface area contributed by atoms with Crippen molar-refractivity contribution < 1.29 is 24.2 Å². The second kappa shape index (κ2) is 10.0. The van der Waals surface area contributed by atoms with Gasteiger partial charge in [-0.2, -0.15) is 0 Å². The Balaban J connectivity index is 1.35. The SMILES string of the molecule is CCC(NC(=O)OCC1c2ccccc2-c2ccccc21)C(=O)NC(C)c1nc(C(=O)O)cs1. The second-order valence-electron chi connectivity index (χ2n) is 8.04. The van der Waals surface area contributed by atoms with Crippen molar-refractivity contribution in [3.63, 3.8) is 0 Å². The molecule has 0 fully saturated rings. The molecule has 0 saturated heterocycles. The number of hydrogen-bond donors (Lipinski definition) is 3. The Morgan fingerprint density at radius 2 is 1.68 bits per heavy atom. The van der Waals surface area contributed by atoms with E-state index in [1.165, 1.54) is 5.38 Å². The first-order valence-corrected chi connectivity index (χ1v) is 11.9. The molecule has 0 saturated carbocycles. The fraction of sp³-hybridized carbons (Fsp3) is 0.280. The smallest absolute Gasteiger partial charge is 0.407 e. The topological polar surface area (TPSA) is 118 Å². The Morgan fingerprint density at radius 1 is 1.06 bits per heavy atom. The summed E-state index contributed by atoms with van der Waals surface area (Å²) < 4.78 is 5.54. The molecule has 8 nitrogen and oxygen atoms in total. The van der Waals surface area contributed by atoms with E-state index in [-0.39, 0.29) is 18.2 Å². The van der Waals surface area contributed by atoms with Crippen LogP contribution in [-0.4, -0.2) is 40.7 Å². The summed E-state index contributed by atoms with van der Waals surface area (Å²) >= 11 is 1.15. The highest BCUT2D eigenvalue weighted by atomic mass is 32.1. The van der Waals surface area contributed by atoms with E-state index in [0.29, 0.717) is 11.4 Å². The lowest BCUT2D eigenvalue weighted by Crippen LogP contribution is -2.47. The Morgan fingerprint density at radius 3 is 2.24 bits per heavy atom. The van der Waals surface area contributed by atoms with E-state index < -0.39 is 30.1 Å². The highest BCUT2D eigenvalue weighted by Crippen LogP contribution is 2.44. The largest absolute Gasteiger partial charge is 0.476 e. The van der Waals surface area contributed by atoms with Crippen molar-refractivity contribution >= 4 is 29.3 Å². The summed E-state index contributed by atoms with van der Waals surface area (Å²) in [5.41, 5.74) is 4.43. The van der Waals surface area contributed by atoms with E-state index >= 15 is 0 Å². The van der Waals surface area contributed by atoms with Gasteiger partial charge in [0.15, 0.2) is 5.69 Å². The van der Waals surface area contributed by atoms with Crippen molar-refractivity contribution in [1.82, 2.24) is 15.6 Å². The average Bonchev–Trinajstić information content (AvgIpc) is 3.45. The van der Waals surface area contributed by atoms with Gasteiger partial charge in [-0.05, 0) is 35.6 Å². The summed E-state index contributed by atoms with van der Waals surface area (Å²) in [4.78, 5) is 40.3.